The Morgan fingerprint density at radius 2 is 2.11 bits per heavy atom. The summed E-state index contributed by atoms with van der Waals surface area (Å²) in [5, 5.41) is 2.06. The van der Waals surface area contributed by atoms with E-state index in [4.69, 9.17) is 10.2 Å². The van der Waals surface area contributed by atoms with Gasteiger partial charge in [-0.2, -0.15) is 0 Å². The van der Waals surface area contributed by atoms with Crippen LogP contribution in [0.4, 0.5) is 5.69 Å². The molecule has 4 heteroatoms. The maximum absolute atomic E-state index is 5.74. The standard InChI is InChI=1S/C14H12N2OS/c15-11-4-5-13-10(8-11)3-6-14(16-13)18-9-12-2-1-7-17-12/h1-8H,9,15H2. The van der Waals surface area contributed by atoms with Crippen molar-refractivity contribution in [1.82, 2.24) is 4.98 Å². The highest BCUT2D eigenvalue weighted by Crippen LogP contribution is 2.24. The summed E-state index contributed by atoms with van der Waals surface area (Å²) in [6.07, 6.45) is 1.69. The van der Waals surface area contributed by atoms with Crippen LogP contribution in [0, 0.1) is 0 Å². The molecule has 0 bridgehead atoms. The summed E-state index contributed by atoms with van der Waals surface area (Å²) >= 11 is 1.66. The molecule has 0 aliphatic carbocycles. The largest absolute Gasteiger partial charge is 0.468 e. The predicted molar refractivity (Wildman–Crippen MR) is 74.4 cm³/mol. The zero-order valence-corrected chi connectivity index (χ0v) is 10.5. The van der Waals surface area contributed by atoms with E-state index in [-0.39, 0.29) is 0 Å². The minimum Gasteiger partial charge on any atom is -0.468 e. The van der Waals surface area contributed by atoms with Crippen LogP contribution < -0.4 is 5.73 Å². The molecule has 0 spiro atoms. The van der Waals surface area contributed by atoms with Crippen LogP contribution in [0.2, 0.25) is 0 Å². The Morgan fingerprint density at radius 3 is 2.94 bits per heavy atom. The van der Waals surface area contributed by atoms with Crippen molar-refractivity contribution in [2.75, 3.05) is 5.73 Å². The first-order valence-electron chi connectivity index (χ1n) is 5.63. The molecule has 2 heterocycles. The van der Waals surface area contributed by atoms with Crippen LogP contribution in [-0.2, 0) is 5.75 Å². The molecule has 0 atom stereocenters. The number of benzene rings is 1. The lowest BCUT2D eigenvalue weighted by molar-refractivity contribution is 0.530. The number of aromatic nitrogens is 1. The van der Waals surface area contributed by atoms with Crippen LogP contribution in [0.25, 0.3) is 10.9 Å². The molecule has 1 aromatic carbocycles. The Labute approximate surface area is 109 Å². The Kier molecular flexibility index (Phi) is 2.94. The van der Waals surface area contributed by atoms with Crippen molar-refractivity contribution in [2.24, 2.45) is 0 Å². The van der Waals surface area contributed by atoms with E-state index in [1.165, 1.54) is 0 Å². The summed E-state index contributed by atoms with van der Waals surface area (Å²) in [4.78, 5) is 4.58. The molecule has 3 rings (SSSR count). The fourth-order valence-electron chi connectivity index (χ4n) is 1.75. The van der Waals surface area contributed by atoms with E-state index in [1.807, 2.05) is 42.5 Å². The van der Waals surface area contributed by atoms with Gasteiger partial charge in [0.05, 0.1) is 22.6 Å². The van der Waals surface area contributed by atoms with Crippen LogP contribution in [0.3, 0.4) is 0 Å². The van der Waals surface area contributed by atoms with E-state index in [0.29, 0.717) is 0 Å². The zero-order valence-electron chi connectivity index (χ0n) is 9.67. The van der Waals surface area contributed by atoms with Gasteiger partial charge < -0.3 is 10.2 Å². The summed E-state index contributed by atoms with van der Waals surface area (Å²) in [6.45, 7) is 0. The number of pyridine rings is 1. The topological polar surface area (TPSA) is 52.0 Å². The van der Waals surface area contributed by atoms with Gasteiger partial charge in [-0.05, 0) is 36.4 Å². The molecule has 90 valence electrons. The van der Waals surface area contributed by atoms with Crippen molar-refractivity contribution in [3.8, 4) is 0 Å². The second-order valence-electron chi connectivity index (χ2n) is 3.97. The quantitative estimate of drug-likeness (QED) is 0.573. The first-order valence-corrected chi connectivity index (χ1v) is 6.61. The number of fused-ring (bicyclic) bond motifs is 1. The van der Waals surface area contributed by atoms with Crippen molar-refractivity contribution in [3.63, 3.8) is 0 Å². The first-order chi connectivity index (χ1) is 8.81. The fourth-order valence-corrected chi connectivity index (χ4v) is 2.53. The highest BCUT2D eigenvalue weighted by Gasteiger charge is 2.02. The fraction of sp³-hybridized carbons (Fsp3) is 0.0714. The molecule has 2 N–H and O–H groups in total. The average Bonchev–Trinajstić information content (AvgIpc) is 2.89. The van der Waals surface area contributed by atoms with Gasteiger partial charge in [-0.15, -0.1) is 0 Å². The van der Waals surface area contributed by atoms with Gasteiger partial charge in [0, 0.05) is 11.1 Å². The number of thioether (sulfide) groups is 1. The van der Waals surface area contributed by atoms with Gasteiger partial charge in [-0.25, -0.2) is 4.98 Å². The van der Waals surface area contributed by atoms with Crippen molar-refractivity contribution in [1.29, 1.82) is 0 Å². The van der Waals surface area contributed by atoms with Crippen molar-refractivity contribution in [3.05, 3.63) is 54.5 Å². The molecule has 0 amide bonds. The number of nitrogen functional groups attached to an aromatic ring is 1. The van der Waals surface area contributed by atoms with Crippen LogP contribution >= 0.6 is 11.8 Å². The van der Waals surface area contributed by atoms with Crippen LogP contribution in [0.15, 0.2) is 58.2 Å². The van der Waals surface area contributed by atoms with Gasteiger partial charge in [-0.3, -0.25) is 0 Å². The molecule has 0 saturated carbocycles. The molecule has 0 saturated heterocycles. The molecule has 3 nitrogen and oxygen atoms in total. The van der Waals surface area contributed by atoms with E-state index >= 15 is 0 Å². The van der Waals surface area contributed by atoms with Crippen LogP contribution in [0.5, 0.6) is 0 Å². The molecule has 0 aliphatic rings. The minimum atomic E-state index is 0.764. The van der Waals surface area contributed by atoms with E-state index in [2.05, 4.69) is 4.98 Å². The van der Waals surface area contributed by atoms with E-state index in [0.717, 1.165) is 33.1 Å². The highest BCUT2D eigenvalue weighted by molar-refractivity contribution is 7.98. The van der Waals surface area contributed by atoms with E-state index in [1.54, 1.807) is 18.0 Å². The van der Waals surface area contributed by atoms with Gasteiger partial charge in [0.25, 0.3) is 0 Å². The molecular weight excluding hydrogens is 244 g/mol. The minimum absolute atomic E-state index is 0.764. The molecule has 18 heavy (non-hydrogen) atoms. The van der Waals surface area contributed by atoms with Crippen molar-refractivity contribution in [2.45, 2.75) is 10.8 Å². The van der Waals surface area contributed by atoms with E-state index < -0.39 is 0 Å². The number of nitrogens with zero attached hydrogens (tertiary/aromatic N) is 1. The normalized spacial score (nSPS) is 10.9. The van der Waals surface area contributed by atoms with Gasteiger partial charge >= 0.3 is 0 Å². The van der Waals surface area contributed by atoms with Crippen molar-refractivity contribution >= 4 is 28.4 Å². The first kappa shape index (κ1) is 11.2. The molecule has 3 aromatic rings. The Bertz CT molecular complexity index is 665. The SMILES string of the molecule is Nc1ccc2nc(SCc3ccco3)ccc2c1. The number of rotatable bonds is 3. The third-order valence-corrected chi connectivity index (χ3v) is 3.58. The second kappa shape index (κ2) is 4.74. The maximum Gasteiger partial charge on any atom is 0.114 e. The number of hydrogen-bond donors (Lipinski definition) is 1. The third kappa shape index (κ3) is 2.33. The average molecular weight is 256 g/mol. The second-order valence-corrected chi connectivity index (χ2v) is 4.97. The summed E-state index contributed by atoms with van der Waals surface area (Å²) in [7, 11) is 0. The molecular formula is C14H12N2OS. The monoisotopic (exact) mass is 256 g/mol. The Morgan fingerprint density at radius 1 is 1.17 bits per heavy atom. The Hall–Kier alpha value is -1.94. The Balaban J connectivity index is 1.82. The van der Waals surface area contributed by atoms with Gasteiger partial charge in [0.15, 0.2) is 0 Å². The number of furan rings is 1. The molecule has 0 unspecified atom stereocenters. The van der Waals surface area contributed by atoms with Crippen LogP contribution in [-0.4, -0.2) is 4.98 Å². The molecule has 0 radical (unpaired) electrons. The summed E-state index contributed by atoms with van der Waals surface area (Å²) < 4.78 is 5.29. The lowest BCUT2D eigenvalue weighted by Crippen LogP contribution is -1.87. The van der Waals surface area contributed by atoms with Gasteiger partial charge in [0.1, 0.15) is 5.76 Å². The van der Waals surface area contributed by atoms with Crippen molar-refractivity contribution < 1.29 is 4.42 Å². The number of anilines is 1. The number of hydrogen-bond acceptors (Lipinski definition) is 4. The third-order valence-electron chi connectivity index (χ3n) is 2.63. The zero-order chi connectivity index (χ0) is 12.4. The highest BCUT2D eigenvalue weighted by atomic mass is 32.2. The van der Waals surface area contributed by atoms with Crippen LogP contribution in [0.1, 0.15) is 5.76 Å². The lowest BCUT2D eigenvalue weighted by atomic mass is 10.2. The molecule has 0 fully saturated rings. The lowest BCUT2D eigenvalue weighted by Gasteiger charge is -2.02. The van der Waals surface area contributed by atoms with Gasteiger partial charge in [-0.1, -0.05) is 17.8 Å². The number of nitrogens with two attached hydrogens (primary N) is 1. The van der Waals surface area contributed by atoms with E-state index in [9.17, 15) is 0 Å². The summed E-state index contributed by atoms with van der Waals surface area (Å²) in [6, 6.07) is 13.7. The van der Waals surface area contributed by atoms with Gasteiger partial charge in [0.2, 0.25) is 0 Å². The molecule has 2 aromatic heterocycles. The maximum atomic E-state index is 5.74. The smallest absolute Gasteiger partial charge is 0.114 e. The summed E-state index contributed by atoms with van der Waals surface area (Å²) in [5.41, 5.74) is 7.47. The molecule has 0 aliphatic heterocycles. The predicted octanol–water partition coefficient (Wildman–Crippen LogP) is 3.70. The summed E-state index contributed by atoms with van der Waals surface area (Å²) in [5.74, 6) is 1.75.